The molecule has 0 aliphatic heterocycles. The van der Waals surface area contributed by atoms with Crippen LogP contribution in [0.1, 0.15) is 29.2 Å². The Morgan fingerprint density at radius 3 is 2.50 bits per heavy atom. The van der Waals surface area contributed by atoms with Crippen LogP contribution in [0.2, 0.25) is 0 Å². The minimum absolute atomic E-state index is 1.15. The normalized spacial score (nSPS) is 10.3. The number of rotatable bonds is 2. The maximum Gasteiger partial charge on any atom is 0.00773 e. The van der Waals surface area contributed by atoms with Crippen molar-refractivity contribution in [3.05, 3.63) is 28.3 Å². The Bertz CT molecular complexity index is 189. The molecule has 0 aliphatic rings. The summed E-state index contributed by atoms with van der Waals surface area (Å²) in [6.07, 6.45) is 2.30. The second kappa shape index (κ2) is 3.20. The summed E-state index contributed by atoms with van der Waals surface area (Å²) in [6, 6.07) is 2.20. The molecule has 0 aromatic carbocycles. The van der Waals surface area contributed by atoms with Crippen molar-refractivity contribution in [3.8, 4) is 0 Å². The lowest BCUT2D eigenvalue weighted by molar-refractivity contribution is 1.07. The molecule has 0 N–H and O–H groups in total. The van der Waals surface area contributed by atoms with Gasteiger partial charge in [-0.2, -0.15) is 0 Å². The zero-order chi connectivity index (χ0) is 7.56. The van der Waals surface area contributed by atoms with Crippen molar-refractivity contribution in [2.45, 2.75) is 26.7 Å². The highest BCUT2D eigenvalue weighted by atomic mass is 32.1. The van der Waals surface area contributed by atoms with E-state index in [1.54, 1.807) is 0 Å². The topological polar surface area (TPSA) is 0 Å². The molecule has 0 amide bonds. The van der Waals surface area contributed by atoms with E-state index in [2.05, 4.69) is 26.8 Å². The van der Waals surface area contributed by atoms with Gasteiger partial charge in [0.25, 0.3) is 0 Å². The first-order chi connectivity index (χ1) is 4.77. The number of thiophene rings is 1. The fourth-order valence-corrected chi connectivity index (χ4v) is 2.12. The molecular formula is C9H13S. The molecule has 0 aliphatic carbocycles. The Kier molecular flexibility index (Phi) is 2.50. The largest absolute Gasteiger partial charge is 0.145 e. The zero-order valence-corrected chi connectivity index (χ0v) is 7.42. The van der Waals surface area contributed by atoms with E-state index in [9.17, 15) is 0 Å². The first-order valence-electron chi connectivity index (χ1n) is 3.71. The van der Waals surface area contributed by atoms with Crippen LogP contribution in [0.25, 0.3) is 0 Å². The van der Waals surface area contributed by atoms with Crippen molar-refractivity contribution >= 4 is 11.3 Å². The van der Waals surface area contributed by atoms with Gasteiger partial charge in [0.2, 0.25) is 0 Å². The third-order valence-corrected chi connectivity index (χ3v) is 2.83. The van der Waals surface area contributed by atoms with E-state index in [0.717, 1.165) is 12.8 Å². The van der Waals surface area contributed by atoms with Gasteiger partial charge in [-0.15, -0.1) is 11.3 Å². The molecule has 0 spiro atoms. The molecule has 0 atom stereocenters. The van der Waals surface area contributed by atoms with Gasteiger partial charge < -0.3 is 0 Å². The van der Waals surface area contributed by atoms with E-state index in [1.807, 2.05) is 11.3 Å². The molecule has 0 saturated carbocycles. The van der Waals surface area contributed by atoms with Gasteiger partial charge in [-0.05, 0) is 31.4 Å². The van der Waals surface area contributed by atoms with Crippen molar-refractivity contribution in [2.24, 2.45) is 0 Å². The summed E-state index contributed by atoms with van der Waals surface area (Å²) in [6.45, 7) is 8.31. The summed E-state index contributed by atoms with van der Waals surface area (Å²) >= 11 is 1.83. The number of hydrogen-bond donors (Lipinski definition) is 0. The molecule has 1 aromatic heterocycles. The van der Waals surface area contributed by atoms with Crippen LogP contribution < -0.4 is 0 Å². The van der Waals surface area contributed by atoms with Gasteiger partial charge in [0.15, 0.2) is 0 Å². The molecule has 0 bridgehead atoms. The Labute approximate surface area is 66.9 Å². The Morgan fingerprint density at radius 2 is 2.10 bits per heavy atom. The predicted molar refractivity (Wildman–Crippen MR) is 47.5 cm³/mol. The van der Waals surface area contributed by atoms with Gasteiger partial charge in [0.1, 0.15) is 0 Å². The van der Waals surface area contributed by atoms with Crippen LogP contribution in [0.15, 0.2) is 6.07 Å². The summed E-state index contributed by atoms with van der Waals surface area (Å²) in [4.78, 5) is 2.71. The lowest BCUT2D eigenvalue weighted by Gasteiger charge is -1.93. The molecule has 10 heavy (non-hydrogen) atoms. The monoisotopic (exact) mass is 153 g/mol. The smallest absolute Gasteiger partial charge is 0.00773 e. The molecular weight excluding hydrogens is 140 g/mol. The number of aryl methyl sites for hydroxylation is 2. The molecule has 0 unspecified atom stereocenters. The van der Waals surface area contributed by atoms with E-state index < -0.39 is 0 Å². The lowest BCUT2D eigenvalue weighted by atomic mass is 10.2. The molecule has 1 rings (SSSR count). The highest BCUT2D eigenvalue weighted by Gasteiger charge is 2.01. The van der Waals surface area contributed by atoms with Crippen LogP contribution in [-0.2, 0) is 12.8 Å². The van der Waals surface area contributed by atoms with Crippen LogP contribution in [-0.4, -0.2) is 0 Å². The predicted octanol–water partition coefficient (Wildman–Crippen LogP) is 3.06. The van der Waals surface area contributed by atoms with E-state index >= 15 is 0 Å². The molecule has 1 aromatic rings. The van der Waals surface area contributed by atoms with Gasteiger partial charge in [0, 0.05) is 9.75 Å². The quantitative estimate of drug-likeness (QED) is 0.612. The fraction of sp³-hybridized carbons (Fsp3) is 0.444. The van der Waals surface area contributed by atoms with Crippen molar-refractivity contribution < 1.29 is 0 Å². The molecule has 55 valence electrons. The molecule has 0 fully saturated rings. The summed E-state index contributed by atoms with van der Waals surface area (Å²) in [5.74, 6) is 0. The van der Waals surface area contributed by atoms with E-state index in [1.165, 1.54) is 15.3 Å². The van der Waals surface area contributed by atoms with Crippen molar-refractivity contribution in [2.75, 3.05) is 0 Å². The highest BCUT2D eigenvalue weighted by molar-refractivity contribution is 7.12. The van der Waals surface area contributed by atoms with Gasteiger partial charge in [-0.1, -0.05) is 13.8 Å². The van der Waals surface area contributed by atoms with Gasteiger partial charge in [-0.25, -0.2) is 0 Å². The van der Waals surface area contributed by atoms with Crippen LogP contribution in [0, 0.1) is 6.92 Å². The van der Waals surface area contributed by atoms with E-state index in [-0.39, 0.29) is 0 Å². The molecule has 1 radical (unpaired) electrons. The minimum Gasteiger partial charge on any atom is -0.145 e. The first-order valence-corrected chi connectivity index (χ1v) is 4.53. The van der Waals surface area contributed by atoms with Crippen LogP contribution in [0.4, 0.5) is 0 Å². The summed E-state index contributed by atoms with van der Waals surface area (Å²) in [5, 5.41) is 0. The van der Waals surface area contributed by atoms with Crippen molar-refractivity contribution in [1.29, 1.82) is 0 Å². The lowest BCUT2D eigenvalue weighted by Crippen LogP contribution is -1.80. The highest BCUT2D eigenvalue weighted by Crippen LogP contribution is 2.22. The van der Waals surface area contributed by atoms with Crippen molar-refractivity contribution in [1.82, 2.24) is 0 Å². The number of hydrogen-bond acceptors (Lipinski definition) is 1. The van der Waals surface area contributed by atoms with E-state index in [4.69, 9.17) is 0 Å². The van der Waals surface area contributed by atoms with Crippen LogP contribution in [0.3, 0.4) is 0 Å². The Morgan fingerprint density at radius 1 is 1.40 bits per heavy atom. The van der Waals surface area contributed by atoms with Crippen LogP contribution >= 0.6 is 11.3 Å². The van der Waals surface area contributed by atoms with Gasteiger partial charge >= 0.3 is 0 Å². The maximum atomic E-state index is 3.92. The SMILES string of the molecule is [CH2]c1cc(CC)c(CC)s1. The third kappa shape index (κ3) is 1.40. The summed E-state index contributed by atoms with van der Waals surface area (Å²) in [5.41, 5.74) is 1.48. The summed E-state index contributed by atoms with van der Waals surface area (Å²) in [7, 11) is 0. The fourth-order valence-electron chi connectivity index (χ4n) is 1.13. The maximum absolute atomic E-state index is 3.92. The molecule has 0 nitrogen and oxygen atoms in total. The molecule has 1 heteroatoms. The van der Waals surface area contributed by atoms with Crippen LogP contribution in [0.5, 0.6) is 0 Å². The summed E-state index contributed by atoms with van der Waals surface area (Å²) < 4.78 is 0. The Balaban J connectivity index is 2.96. The minimum atomic E-state index is 1.15. The van der Waals surface area contributed by atoms with Crippen molar-refractivity contribution in [3.63, 3.8) is 0 Å². The van der Waals surface area contributed by atoms with E-state index in [0.29, 0.717) is 0 Å². The van der Waals surface area contributed by atoms with Gasteiger partial charge in [0.05, 0.1) is 0 Å². The average Bonchev–Trinajstić information content (AvgIpc) is 2.30. The third-order valence-electron chi connectivity index (χ3n) is 1.65. The second-order valence-corrected chi connectivity index (χ2v) is 3.59. The van der Waals surface area contributed by atoms with Gasteiger partial charge in [-0.3, -0.25) is 0 Å². The standard InChI is InChI=1S/C9H13S/c1-4-8-6-7(3)10-9(8)5-2/h6H,3-5H2,1-2H3. The first kappa shape index (κ1) is 7.80. The second-order valence-electron chi connectivity index (χ2n) is 2.37. The Hall–Kier alpha value is -0.300. The molecule has 0 saturated heterocycles. The zero-order valence-electron chi connectivity index (χ0n) is 6.61. The average molecular weight is 153 g/mol. The molecule has 1 heterocycles.